The first-order valence-corrected chi connectivity index (χ1v) is 14.9. The molecule has 1 aliphatic heterocycles. The normalized spacial score (nSPS) is 15.9. The number of pyridine rings is 1. The van der Waals surface area contributed by atoms with Gasteiger partial charge in [-0.3, -0.25) is 0 Å². The molecule has 0 bridgehead atoms. The summed E-state index contributed by atoms with van der Waals surface area (Å²) >= 11 is 0. The van der Waals surface area contributed by atoms with Crippen molar-refractivity contribution in [3.63, 3.8) is 0 Å². The Labute approximate surface area is 230 Å². The Bertz CT molecular complexity index is 1480. The van der Waals surface area contributed by atoms with Gasteiger partial charge in [0.25, 0.3) is 10.0 Å². The highest BCUT2D eigenvalue weighted by Gasteiger charge is 2.27. The predicted molar refractivity (Wildman–Crippen MR) is 153 cm³/mol. The molecule has 4 aromatic rings. The number of hydrogen-bond acceptors (Lipinski definition) is 6. The van der Waals surface area contributed by atoms with Crippen LogP contribution in [0.15, 0.2) is 90.1 Å². The van der Waals surface area contributed by atoms with Gasteiger partial charge in [-0.2, -0.15) is 0 Å². The number of aryl methyl sites for hydroxylation is 1. The van der Waals surface area contributed by atoms with Crippen LogP contribution in [0.5, 0.6) is 5.75 Å². The van der Waals surface area contributed by atoms with Crippen molar-refractivity contribution in [2.45, 2.75) is 50.0 Å². The van der Waals surface area contributed by atoms with Crippen LogP contribution in [0, 0.1) is 6.92 Å². The van der Waals surface area contributed by atoms with Crippen molar-refractivity contribution >= 4 is 20.8 Å². The molecule has 0 spiro atoms. The molecule has 1 saturated heterocycles. The zero-order valence-electron chi connectivity index (χ0n) is 22.2. The Kier molecular flexibility index (Phi) is 8.57. The molecular weight excluding hydrogens is 510 g/mol. The molecule has 0 aliphatic carbocycles. The Morgan fingerprint density at radius 1 is 0.974 bits per heavy atom. The highest BCUT2D eigenvalue weighted by molar-refractivity contribution is 7.89. The van der Waals surface area contributed by atoms with Gasteiger partial charge in [-0.25, -0.2) is 18.1 Å². The number of piperidine rings is 1. The summed E-state index contributed by atoms with van der Waals surface area (Å²) in [6, 6.07) is 24.2. The van der Waals surface area contributed by atoms with Crippen molar-refractivity contribution in [1.29, 1.82) is 0 Å². The first kappa shape index (κ1) is 27.3. The van der Waals surface area contributed by atoms with Crippen LogP contribution in [0.1, 0.15) is 29.5 Å². The van der Waals surface area contributed by atoms with E-state index in [2.05, 4.69) is 45.8 Å². The van der Waals surface area contributed by atoms with Gasteiger partial charge in [-0.15, -0.1) is 0 Å². The van der Waals surface area contributed by atoms with Crippen molar-refractivity contribution in [1.82, 2.24) is 14.6 Å². The van der Waals surface area contributed by atoms with E-state index >= 15 is 0 Å². The molecule has 2 heterocycles. The smallest absolute Gasteiger partial charge is 0.258 e. The minimum absolute atomic E-state index is 0.0412. The molecule has 1 atom stereocenters. The van der Waals surface area contributed by atoms with Crippen molar-refractivity contribution < 1.29 is 18.3 Å². The molecule has 204 valence electrons. The number of sulfonamides is 1. The molecule has 8 heteroatoms. The molecule has 39 heavy (non-hydrogen) atoms. The van der Waals surface area contributed by atoms with Crippen LogP contribution in [0.4, 0.5) is 0 Å². The number of aromatic nitrogens is 1. The largest absolute Gasteiger partial charge is 0.508 e. The fraction of sp³-hybridized carbons (Fsp3) is 0.323. The third-order valence-corrected chi connectivity index (χ3v) is 8.73. The van der Waals surface area contributed by atoms with Gasteiger partial charge in [-0.05, 0) is 60.9 Å². The highest BCUT2D eigenvalue weighted by Crippen LogP contribution is 2.22. The first-order valence-electron chi connectivity index (χ1n) is 13.4. The Balaban J connectivity index is 1.26. The molecule has 3 aromatic carbocycles. The fourth-order valence-corrected chi connectivity index (χ4v) is 6.49. The standard InChI is InChI=1S/C31H35N3O4S/c1-23-6-8-25(9-7-23)22-38-29-15-18-34(19-16-29)21-27(20-24-10-12-28(35)13-11-24)33-39(36,37)31-30-5-3-2-4-26(30)14-17-32-31/h2-14,17,27,29,33,35H,15-16,18-22H2,1H3. The molecule has 0 amide bonds. The summed E-state index contributed by atoms with van der Waals surface area (Å²) in [6.45, 7) is 4.91. The number of phenols is 1. The third kappa shape index (κ3) is 7.22. The summed E-state index contributed by atoms with van der Waals surface area (Å²) in [5.41, 5.74) is 3.36. The Hall–Kier alpha value is -3.30. The second-order valence-corrected chi connectivity index (χ2v) is 12.0. The van der Waals surface area contributed by atoms with Crippen molar-refractivity contribution in [3.05, 3.63) is 102 Å². The summed E-state index contributed by atoms with van der Waals surface area (Å²) in [6.07, 6.45) is 4.02. The lowest BCUT2D eigenvalue weighted by atomic mass is 10.0. The summed E-state index contributed by atoms with van der Waals surface area (Å²) < 4.78 is 36.3. The molecule has 1 fully saturated rings. The number of likely N-dealkylation sites (tertiary alicyclic amines) is 1. The maximum Gasteiger partial charge on any atom is 0.258 e. The van der Waals surface area contributed by atoms with Gasteiger partial charge < -0.3 is 14.7 Å². The maximum absolute atomic E-state index is 13.6. The molecule has 1 aliphatic rings. The van der Waals surface area contributed by atoms with E-state index in [4.69, 9.17) is 4.74 Å². The predicted octanol–water partition coefficient (Wildman–Crippen LogP) is 4.82. The number of nitrogens with one attached hydrogen (secondary N) is 1. The number of ether oxygens (including phenoxy) is 1. The van der Waals surface area contributed by atoms with Crippen molar-refractivity contribution in [3.8, 4) is 5.75 Å². The highest BCUT2D eigenvalue weighted by atomic mass is 32.2. The van der Waals surface area contributed by atoms with Crippen LogP contribution in [0.2, 0.25) is 0 Å². The van der Waals surface area contributed by atoms with E-state index in [-0.39, 0.29) is 22.9 Å². The van der Waals surface area contributed by atoms with E-state index in [1.54, 1.807) is 18.2 Å². The van der Waals surface area contributed by atoms with Gasteiger partial charge in [0, 0.05) is 37.3 Å². The van der Waals surface area contributed by atoms with Crippen molar-refractivity contribution in [2.24, 2.45) is 0 Å². The zero-order valence-corrected chi connectivity index (χ0v) is 23.0. The molecule has 1 aromatic heterocycles. The van der Waals surface area contributed by atoms with Gasteiger partial charge >= 0.3 is 0 Å². The van der Waals surface area contributed by atoms with Crippen LogP contribution < -0.4 is 4.72 Å². The number of fused-ring (bicyclic) bond motifs is 1. The summed E-state index contributed by atoms with van der Waals surface area (Å²) in [5.74, 6) is 0.184. The second-order valence-electron chi connectivity index (χ2n) is 10.3. The van der Waals surface area contributed by atoms with Gasteiger partial charge in [0.15, 0.2) is 5.03 Å². The van der Waals surface area contributed by atoms with E-state index < -0.39 is 10.0 Å². The van der Waals surface area contributed by atoms with Crippen molar-refractivity contribution in [2.75, 3.05) is 19.6 Å². The van der Waals surface area contributed by atoms with Crippen LogP contribution >= 0.6 is 0 Å². The molecule has 2 N–H and O–H groups in total. The number of phenolic OH excluding ortho intramolecular Hbond substituents is 1. The zero-order chi connectivity index (χ0) is 27.2. The topological polar surface area (TPSA) is 91.8 Å². The van der Waals surface area contributed by atoms with Gasteiger partial charge in [-0.1, -0.05) is 66.2 Å². The average Bonchev–Trinajstić information content (AvgIpc) is 2.94. The Morgan fingerprint density at radius 3 is 2.41 bits per heavy atom. The Morgan fingerprint density at radius 2 is 1.67 bits per heavy atom. The molecule has 1 unspecified atom stereocenters. The molecule has 7 nitrogen and oxygen atoms in total. The lowest BCUT2D eigenvalue weighted by molar-refractivity contribution is -0.00357. The SMILES string of the molecule is Cc1ccc(COC2CCN(CC(Cc3ccc(O)cc3)NS(=O)(=O)c3nccc4ccccc34)CC2)cc1. The number of benzene rings is 3. The molecule has 0 saturated carbocycles. The minimum atomic E-state index is -3.88. The monoisotopic (exact) mass is 545 g/mol. The van der Waals surface area contributed by atoms with E-state index in [1.165, 1.54) is 17.3 Å². The molecular formula is C31H35N3O4S. The number of rotatable bonds is 10. The van der Waals surface area contributed by atoms with E-state index in [9.17, 15) is 13.5 Å². The van der Waals surface area contributed by atoms with Crippen LogP contribution in [-0.4, -0.2) is 55.2 Å². The number of nitrogens with zero attached hydrogens (tertiary/aromatic N) is 2. The summed E-state index contributed by atoms with van der Waals surface area (Å²) in [7, 11) is -3.88. The van der Waals surface area contributed by atoms with Crippen LogP contribution in [0.3, 0.4) is 0 Å². The maximum atomic E-state index is 13.6. The van der Waals surface area contributed by atoms with Crippen LogP contribution in [0.25, 0.3) is 10.8 Å². The third-order valence-electron chi connectivity index (χ3n) is 7.25. The molecule has 0 radical (unpaired) electrons. The average molecular weight is 546 g/mol. The van der Waals surface area contributed by atoms with E-state index in [0.717, 1.165) is 36.9 Å². The lowest BCUT2D eigenvalue weighted by Crippen LogP contribution is -2.48. The molecule has 5 rings (SSSR count). The first-order chi connectivity index (χ1) is 18.9. The second kappa shape index (κ2) is 12.3. The summed E-state index contributed by atoms with van der Waals surface area (Å²) in [4.78, 5) is 6.55. The lowest BCUT2D eigenvalue weighted by Gasteiger charge is -2.34. The van der Waals surface area contributed by atoms with E-state index in [0.29, 0.717) is 25.0 Å². The minimum Gasteiger partial charge on any atom is -0.508 e. The summed E-state index contributed by atoms with van der Waals surface area (Å²) in [5, 5.41) is 11.2. The number of hydrogen-bond donors (Lipinski definition) is 2. The fourth-order valence-electron chi connectivity index (χ4n) is 5.11. The van der Waals surface area contributed by atoms with Gasteiger partial charge in [0.05, 0.1) is 12.7 Å². The van der Waals surface area contributed by atoms with Crippen LogP contribution in [-0.2, 0) is 27.8 Å². The quantitative estimate of drug-likeness (QED) is 0.297. The number of aromatic hydroxyl groups is 1. The van der Waals surface area contributed by atoms with Gasteiger partial charge in [0.2, 0.25) is 0 Å². The van der Waals surface area contributed by atoms with E-state index in [1.807, 2.05) is 36.4 Å². The van der Waals surface area contributed by atoms with Gasteiger partial charge in [0.1, 0.15) is 5.75 Å².